The van der Waals surface area contributed by atoms with Gasteiger partial charge in [-0.1, -0.05) is 45.0 Å². The van der Waals surface area contributed by atoms with Crippen LogP contribution in [0.2, 0.25) is 0 Å². The Hall–Kier alpha value is -0.940. The molecule has 25 heavy (non-hydrogen) atoms. The lowest BCUT2D eigenvalue weighted by atomic mass is 9.86. The lowest BCUT2D eigenvalue weighted by molar-refractivity contribution is 0.0138. The first kappa shape index (κ1) is 18.8. The Labute approximate surface area is 153 Å². The number of benzene rings is 1. The molecule has 0 radical (unpaired) electrons. The number of hydrogen-bond acceptors (Lipinski definition) is 4. The molecule has 140 valence electrons. The molecular formula is C21H35N3O. The smallest absolute Gasteiger partial charge is 0.0594 e. The van der Waals surface area contributed by atoms with E-state index >= 15 is 0 Å². The van der Waals surface area contributed by atoms with Gasteiger partial charge >= 0.3 is 0 Å². The van der Waals surface area contributed by atoms with Crippen molar-refractivity contribution in [3.63, 3.8) is 0 Å². The molecule has 0 bridgehead atoms. The van der Waals surface area contributed by atoms with E-state index in [4.69, 9.17) is 4.74 Å². The number of nitrogens with one attached hydrogen (secondary N) is 1. The lowest BCUT2D eigenvalue weighted by Crippen LogP contribution is -2.53. The van der Waals surface area contributed by atoms with Crippen molar-refractivity contribution in [2.24, 2.45) is 0 Å². The van der Waals surface area contributed by atoms with Gasteiger partial charge in [-0.05, 0) is 23.5 Å². The first-order valence-corrected chi connectivity index (χ1v) is 9.82. The largest absolute Gasteiger partial charge is 0.379 e. The predicted molar refractivity (Wildman–Crippen MR) is 104 cm³/mol. The molecule has 1 aromatic rings. The zero-order valence-electron chi connectivity index (χ0n) is 16.4. The van der Waals surface area contributed by atoms with Crippen LogP contribution in [0.3, 0.4) is 0 Å². The molecule has 0 aromatic heterocycles. The van der Waals surface area contributed by atoms with Crippen LogP contribution in [0.1, 0.15) is 44.9 Å². The van der Waals surface area contributed by atoms with E-state index in [1.54, 1.807) is 0 Å². The van der Waals surface area contributed by atoms with Crippen LogP contribution in [0.4, 0.5) is 0 Å². The van der Waals surface area contributed by atoms with Gasteiger partial charge in [0.05, 0.1) is 13.2 Å². The van der Waals surface area contributed by atoms with Crippen LogP contribution < -0.4 is 5.32 Å². The van der Waals surface area contributed by atoms with Crippen LogP contribution in [0.15, 0.2) is 24.3 Å². The number of piperazine rings is 1. The van der Waals surface area contributed by atoms with E-state index in [0.29, 0.717) is 12.1 Å². The van der Waals surface area contributed by atoms with Crippen molar-refractivity contribution in [3.8, 4) is 0 Å². The molecule has 0 amide bonds. The summed E-state index contributed by atoms with van der Waals surface area (Å²) < 4.78 is 5.54. The van der Waals surface area contributed by atoms with Crippen molar-refractivity contribution in [3.05, 3.63) is 35.4 Å². The summed E-state index contributed by atoms with van der Waals surface area (Å²) in [5.41, 5.74) is 3.07. The van der Waals surface area contributed by atoms with Gasteiger partial charge in [0, 0.05) is 51.4 Å². The highest BCUT2D eigenvalue weighted by Gasteiger charge is 2.29. The molecule has 1 aromatic carbocycles. The highest BCUT2D eigenvalue weighted by Crippen LogP contribution is 2.28. The minimum Gasteiger partial charge on any atom is -0.379 e. The molecule has 2 aliphatic heterocycles. The van der Waals surface area contributed by atoms with Crippen LogP contribution in [-0.4, -0.2) is 68.3 Å². The van der Waals surface area contributed by atoms with Gasteiger partial charge < -0.3 is 10.1 Å². The van der Waals surface area contributed by atoms with E-state index in [9.17, 15) is 0 Å². The van der Waals surface area contributed by atoms with Crippen molar-refractivity contribution >= 4 is 0 Å². The van der Waals surface area contributed by atoms with E-state index < -0.39 is 0 Å². The summed E-state index contributed by atoms with van der Waals surface area (Å²) in [7, 11) is 0. The van der Waals surface area contributed by atoms with Crippen LogP contribution in [0, 0.1) is 0 Å². The van der Waals surface area contributed by atoms with Crippen molar-refractivity contribution in [2.45, 2.75) is 45.2 Å². The molecular weight excluding hydrogens is 310 g/mol. The summed E-state index contributed by atoms with van der Waals surface area (Å²) in [4.78, 5) is 5.26. The van der Waals surface area contributed by atoms with Gasteiger partial charge in [0.15, 0.2) is 0 Å². The van der Waals surface area contributed by atoms with E-state index in [2.05, 4.69) is 67.1 Å². The highest BCUT2D eigenvalue weighted by molar-refractivity contribution is 5.29. The molecule has 4 nitrogen and oxygen atoms in total. The van der Waals surface area contributed by atoms with Crippen LogP contribution in [-0.2, 0) is 10.2 Å². The van der Waals surface area contributed by atoms with Gasteiger partial charge in [-0.2, -0.15) is 0 Å². The Kier molecular flexibility index (Phi) is 6.16. The van der Waals surface area contributed by atoms with Crippen LogP contribution in [0.5, 0.6) is 0 Å². The summed E-state index contributed by atoms with van der Waals surface area (Å²) in [5.74, 6) is 0. The summed E-state index contributed by atoms with van der Waals surface area (Å²) in [6.45, 7) is 17.4. The highest BCUT2D eigenvalue weighted by atomic mass is 16.5. The molecule has 3 rings (SSSR count). The standard InChI is InChI=1S/C21H35N3O/c1-17-15-22-9-10-24(17)20(16-23-11-13-25-14-12-23)18-5-7-19(8-6-18)21(2,3)4/h5-8,17,20,22H,9-16H2,1-4H3. The average Bonchev–Trinajstić information content (AvgIpc) is 2.61. The Morgan fingerprint density at radius 2 is 1.80 bits per heavy atom. The summed E-state index contributed by atoms with van der Waals surface area (Å²) >= 11 is 0. The molecule has 2 atom stereocenters. The normalized spacial score (nSPS) is 25.0. The van der Waals surface area contributed by atoms with Gasteiger partial charge in [0.25, 0.3) is 0 Å². The van der Waals surface area contributed by atoms with E-state index in [1.165, 1.54) is 11.1 Å². The second-order valence-electron chi connectivity index (χ2n) is 8.59. The molecule has 1 N–H and O–H groups in total. The van der Waals surface area contributed by atoms with E-state index in [0.717, 1.165) is 52.5 Å². The third-order valence-electron chi connectivity index (χ3n) is 5.65. The maximum Gasteiger partial charge on any atom is 0.0594 e. The fourth-order valence-corrected chi connectivity index (χ4v) is 3.96. The summed E-state index contributed by atoms with van der Waals surface area (Å²) in [6, 6.07) is 10.4. The summed E-state index contributed by atoms with van der Waals surface area (Å²) in [5, 5.41) is 3.53. The van der Waals surface area contributed by atoms with Crippen molar-refractivity contribution in [1.29, 1.82) is 0 Å². The lowest BCUT2D eigenvalue weighted by Gasteiger charge is -2.42. The van der Waals surface area contributed by atoms with Crippen LogP contribution in [0.25, 0.3) is 0 Å². The zero-order valence-corrected chi connectivity index (χ0v) is 16.4. The number of hydrogen-bond donors (Lipinski definition) is 1. The predicted octanol–water partition coefficient (Wildman–Crippen LogP) is 2.65. The maximum absolute atomic E-state index is 5.54. The topological polar surface area (TPSA) is 27.7 Å². The molecule has 4 heteroatoms. The molecule has 0 saturated carbocycles. The minimum absolute atomic E-state index is 0.209. The summed E-state index contributed by atoms with van der Waals surface area (Å²) in [6.07, 6.45) is 0. The van der Waals surface area contributed by atoms with E-state index in [-0.39, 0.29) is 5.41 Å². The number of ether oxygens (including phenoxy) is 1. The quantitative estimate of drug-likeness (QED) is 0.908. The first-order chi connectivity index (χ1) is 11.9. The SMILES string of the molecule is CC1CNCCN1C(CN1CCOCC1)c1ccc(C(C)(C)C)cc1. The van der Waals surface area contributed by atoms with E-state index in [1.807, 2.05) is 0 Å². The molecule has 2 aliphatic rings. The number of nitrogens with zero attached hydrogens (tertiary/aromatic N) is 2. The Morgan fingerprint density at radius 3 is 2.40 bits per heavy atom. The van der Waals surface area contributed by atoms with Crippen LogP contribution >= 0.6 is 0 Å². The molecule has 0 aliphatic carbocycles. The minimum atomic E-state index is 0.209. The maximum atomic E-state index is 5.54. The van der Waals surface area contributed by atoms with Gasteiger partial charge in [0.1, 0.15) is 0 Å². The Bertz CT molecular complexity index is 531. The molecule has 0 spiro atoms. The average molecular weight is 346 g/mol. The molecule has 2 fully saturated rings. The molecule has 2 unspecified atom stereocenters. The van der Waals surface area contributed by atoms with Gasteiger partial charge in [-0.15, -0.1) is 0 Å². The van der Waals surface area contributed by atoms with Crippen molar-refractivity contribution < 1.29 is 4.74 Å². The number of morpholine rings is 1. The third-order valence-corrected chi connectivity index (χ3v) is 5.65. The fraction of sp³-hybridized carbons (Fsp3) is 0.714. The van der Waals surface area contributed by atoms with Gasteiger partial charge in [0.2, 0.25) is 0 Å². The number of rotatable bonds is 4. The van der Waals surface area contributed by atoms with Crippen molar-refractivity contribution in [1.82, 2.24) is 15.1 Å². The second kappa shape index (κ2) is 8.17. The van der Waals surface area contributed by atoms with Gasteiger partial charge in [-0.3, -0.25) is 9.80 Å². The Balaban J connectivity index is 1.81. The third kappa shape index (κ3) is 4.82. The molecule has 2 heterocycles. The fourth-order valence-electron chi connectivity index (χ4n) is 3.96. The van der Waals surface area contributed by atoms with Crippen molar-refractivity contribution in [2.75, 3.05) is 52.5 Å². The van der Waals surface area contributed by atoms with Gasteiger partial charge in [-0.25, -0.2) is 0 Å². The monoisotopic (exact) mass is 345 g/mol. The first-order valence-electron chi connectivity index (χ1n) is 9.82. The second-order valence-corrected chi connectivity index (χ2v) is 8.59. The molecule has 2 saturated heterocycles. The zero-order chi connectivity index (χ0) is 17.9. The Morgan fingerprint density at radius 1 is 1.12 bits per heavy atom.